The Balaban J connectivity index is 1.96. The smallest absolute Gasteiger partial charge is 0.409 e. The first kappa shape index (κ1) is 19.3. The molecule has 6 heteroatoms. The minimum atomic E-state index is -1.03. The van der Waals surface area contributed by atoms with Gasteiger partial charge in [-0.15, -0.1) is 0 Å². The van der Waals surface area contributed by atoms with Gasteiger partial charge in [0.25, 0.3) is 0 Å². The fourth-order valence-corrected chi connectivity index (χ4v) is 4.59. The molecule has 0 aromatic heterocycles. The van der Waals surface area contributed by atoms with E-state index < -0.39 is 6.09 Å². The Morgan fingerprint density at radius 2 is 1.65 bits per heavy atom. The fraction of sp³-hybridized carbons (Fsp3) is 0.650. The highest BCUT2D eigenvalue weighted by Crippen LogP contribution is 2.37. The lowest BCUT2D eigenvalue weighted by molar-refractivity contribution is 0.209. The highest BCUT2D eigenvalue weighted by Gasteiger charge is 2.30. The molecular formula is C20H30ClN3O2. The van der Waals surface area contributed by atoms with Crippen LogP contribution in [0.1, 0.15) is 57.8 Å². The molecule has 1 saturated heterocycles. The van der Waals surface area contributed by atoms with Crippen LogP contribution in [0.5, 0.6) is 0 Å². The van der Waals surface area contributed by atoms with Crippen LogP contribution in [0.15, 0.2) is 18.2 Å². The molecule has 3 rings (SSSR count). The van der Waals surface area contributed by atoms with Crippen molar-refractivity contribution in [2.45, 2.75) is 69.9 Å². The average Bonchev–Trinajstić information content (AvgIpc) is 2.59. The van der Waals surface area contributed by atoms with E-state index in [4.69, 9.17) is 11.6 Å². The Kier molecular flexibility index (Phi) is 7.03. The van der Waals surface area contributed by atoms with Crippen LogP contribution >= 0.6 is 11.6 Å². The third-order valence-corrected chi connectivity index (χ3v) is 5.88. The third kappa shape index (κ3) is 5.04. The van der Waals surface area contributed by atoms with Crippen LogP contribution in [0.2, 0.25) is 5.02 Å². The first-order valence-electron chi connectivity index (χ1n) is 9.93. The van der Waals surface area contributed by atoms with Crippen LogP contribution in [-0.4, -0.2) is 36.4 Å². The SMILES string of the molecule is O=C(O)Nc1ccc(Cl)cc1N(C1CCCCCCC1)C1CCNCC1. The second-order valence-corrected chi connectivity index (χ2v) is 7.92. The lowest BCUT2D eigenvalue weighted by atomic mass is 9.92. The van der Waals surface area contributed by atoms with Gasteiger partial charge in [-0.25, -0.2) is 4.79 Å². The lowest BCUT2D eigenvalue weighted by Crippen LogP contribution is -2.49. The minimum Gasteiger partial charge on any atom is -0.465 e. The number of amides is 1. The summed E-state index contributed by atoms with van der Waals surface area (Å²) in [6.07, 6.45) is 9.89. The molecule has 2 aliphatic rings. The zero-order valence-electron chi connectivity index (χ0n) is 15.3. The van der Waals surface area contributed by atoms with Gasteiger partial charge in [-0.05, 0) is 57.0 Å². The van der Waals surface area contributed by atoms with Crippen molar-refractivity contribution < 1.29 is 9.90 Å². The summed E-state index contributed by atoms with van der Waals surface area (Å²) in [7, 11) is 0. The van der Waals surface area contributed by atoms with E-state index in [9.17, 15) is 9.90 Å². The van der Waals surface area contributed by atoms with Gasteiger partial charge in [0.1, 0.15) is 0 Å². The van der Waals surface area contributed by atoms with Gasteiger partial charge in [-0.1, -0.05) is 43.7 Å². The molecule has 1 aliphatic carbocycles. The molecule has 0 spiro atoms. The highest BCUT2D eigenvalue weighted by atomic mass is 35.5. The molecule has 1 amide bonds. The van der Waals surface area contributed by atoms with Crippen molar-refractivity contribution in [2.75, 3.05) is 23.3 Å². The summed E-state index contributed by atoms with van der Waals surface area (Å²) < 4.78 is 0. The minimum absolute atomic E-state index is 0.425. The number of halogens is 1. The van der Waals surface area contributed by atoms with E-state index in [0.29, 0.717) is 22.8 Å². The molecule has 0 unspecified atom stereocenters. The van der Waals surface area contributed by atoms with Crippen molar-refractivity contribution in [1.82, 2.24) is 5.32 Å². The van der Waals surface area contributed by atoms with Gasteiger partial charge in [0.05, 0.1) is 11.4 Å². The van der Waals surface area contributed by atoms with Gasteiger partial charge >= 0.3 is 6.09 Å². The average molecular weight is 380 g/mol. The lowest BCUT2D eigenvalue weighted by Gasteiger charge is -2.43. The van der Waals surface area contributed by atoms with Crippen molar-refractivity contribution in [3.63, 3.8) is 0 Å². The maximum Gasteiger partial charge on any atom is 0.409 e. The van der Waals surface area contributed by atoms with Crippen molar-refractivity contribution in [3.05, 3.63) is 23.2 Å². The topological polar surface area (TPSA) is 64.6 Å². The van der Waals surface area contributed by atoms with Gasteiger partial charge < -0.3 is 15.3 Å². The fourth-order valence-electron chi connectivity index (χ4n) is 4.43. The summed E-state index contributed by atoms with van der Waals surface area (Å²) in [4.78, 5) is 13.8. The van der Waals surface area contributed by atoms with Crippen molar-refractivity contribution in [1.29, 1.82) is 0 Å². The molecule has 5 nitrogen and oxygen atoms in total. The van der Waals surface area contributed by atoms with Gasteiger partial charge in [0, 0.05) is 17.1 Å². The van der Waals surface area contributed by atoms with E-state index in [1.54, 1.807) is 12.1 Å². The molecule has 1 aromatic carbocycles. The van der Waals surface area contributed by atoms with E-state index in [2.05, 4.69) is 15.5 Å². The number of benzene rings is 1. The molecule has 0 bridgehead atoms. The molecule has 26 heavy (non-hydrogen) atoms. The number of hydrogen-bond donors (Lipinski definition) is 3. The number of carboxylic acid groups (broad SMARTS) is 1. The Morgan fingerprint density at radius 3 is 2.31 bits per heavy atom. The summed E-state index contributed by atoms with van der Waals surface area (Å²) in [5.41, 5.74) is 1.58. The number of hydrogen-bond acceptors (Lipinski definition) is 3. The van der Waals surface area contributed by atoms with E-state index >= 15 is 0 Å². The van der Waals surface area contributed by atoms with Crippen LogP contribution < -0.4 is 15.5 Å². The number of nitrogens with zero attached hydrogens (tertiary/aromatic N) is 1. The molecule has 1 heterocycles. The quantitative estimate of drug-likeness (QED) is 0.680. The maximum atomic E-state index is 11.3. The van der Waals surface area contributed by atoms with Gasteiger partial charge in [0.15, 0.2) is 0 Å². The van der Waals surface area contributed by atoms with Crippen LogP contribution in [0.25, 0.3) is 0 Å². The molecule has 3 N–H and O–H groups in total. The van der Waals surface area contributed by atoms with E-state index in [1.807, 2.05) is 6.07 Å². The summed E-state index contributed by atoms with van der Waals surface area (Å²) >= 11 is 6.32. The zero-order chi connectivity index (χ0) is 18.4. The molecule has 2 fully saturated rings. The second kappa shape index (κ2) is 9.47. The van der Waals surface area contributed by atoms with Crippen molar-refractivity contribution in [2.24, 2.45) is 0 Å². The van der Waals surface area contributed by atoms with Gasteiger partial charge in [-0.3, -0.25) is 5.32 Å². The van der Waals surface area contributed by atoms with Crippen LogP contribution in [0, 0.1) is 0 Å². The molecule has 1 saturated carbocycles. The monoisotopic (exact) mass is 379 g/mol. The third-order valence-electron chi connectivity index (χ3n) is 5.65. The standard InChI is InChI=1S/C20H30ClN3O2/c21-15-8-9-18(23-20(25)26)19(14-15)24(17-10-12-22-13-11-17)16-6-4-2-1-3-5-7-16/h8-9,14,16-17,22-23H,1-7,10-13H2,(H,25,26). The number of carbonyl (C=O) groups is 1. The largest absolute Gasteiger partial charge is 0.465 e. The number of anilines is 2. The Bertz CT molecular complexity index is 597. The molecule has 0 atom stereocenters. The zero-order valence-corrected chi connectivity index (χ0v) is 16.1. The first-order chi connectivity index (χ1) is 12.6. The summed E-state index contributed by atoms with van der Waals surface area (Å²) in [5.74, 6) is 0. The molecular weight excluding hydrogens is 350 g/mol. The number of piperidine rings is 1. The van der Waals surface area contributed by atoms with Crippen LogP contribution in [-0.2, 0) is 0 Å². The summed E-state index contributed by atoms with van der Waals surface area (Å²) in [5, 5.41) is 16.0. The number of nitrogens with one attached hydrogen (secondary N) is 2. The Morgan fingerprint density at radius 1 is 1.04 bits per heavy atom. The molecule has 1 aliphatic heterocycles. The van der Waals surface area contributed by atoms with Crippen LogP contribution in [0.4, 0.5) is 16.2 Å². The molecule has 0 radical (unpaired) electrons. The Hall–Kier alpha value is -1.46. The normalized spacial score (nSPS) is 20.2. The van der Waals surface area contributed by atoms with E-state index in [-0.39, 0.29) is 0 Å². The first-order valence-corrected chi connectivity index (χ1v) is 10.3. The molecule has 1 aromatic rings. The van der Waals surface area contributed by atoms with Crippen molar-refractivity contribution >= 4 is 29.1 Å². The van der Waals surface area contributed by atoms with Crippen molar-refractivity contribution in [3.8, 4) is 0 Å². The number of rotatable bonds is 4. The maximum absolute atomic E-state index is 11.3. The summed E-state index contributed by atoms with van der Waals surface area (Å²) in [6.45, 7) is 2.02. The Labute approximate surface area is 161 Å². The summed E-state index contributed by atoms with van der Waals surface area (Å²) in [6, 6.07) is 6.37. The predicted octanol–water partition coefficient (Wildman–Crippen LogP) is 5.10. The van der Waals surface area contributed by atoms with E-state index in [1.165, 1.54) is 44.9 Å². The van der Waals surface area contributed by atoms with Crippen LogP contribution in [0.3, 0.4) is 0 Å². The molecule has 144 valence electrons. The second-order valence-electron chi connectivity index (χ2n) is 7.48. The van der Waals surface area contributed by atoms with Gasteiger partial charge in [0.2, 0.25) is 0 Å². The highest BCUT2D eigenvalue weighted by molar-refractivity contribution is 6.31. The predicted molar refractivity (Wildman–Crippen MR) is 108 cm³/mol. The van der Waals surface area contributed by atoms with Gasteiger partial charge in [-0.2, -0.15) is 0 Å². The van der Waals surface area contributed by atoms with E-state index in [0.717, 1.165) is 31.6 Å².